The minimum atomic E-state index is -3.59. The lowest BCUT2D eigenvalue weighted by Gasteiger charge is -2.32. The second-order valence-corrected chi connectivity index (χ2v) is 9.57. The lowest BCUT2D eigenvalue weighted by Crippen LogP contribution is -2.39. The first-order valence-corrected chi connectivity index (χ1v) is 11.3. The molecule has 1 aliphatic rings. The first-order valence-electron chi connectivity index (χ1n) is 8.98. The summed E-state index contributed by atoms with van der Waals surface area (Å²) in [5.74, 6) is 0.217. The molecular formula is C19H20N4O3S2. The van der Waals surface area contributed by atoms with Crippen LogP contribution in [0.5, 0.6) is 0 Å². The highest BCUT2D eigenvalue weighted by Gasteiger charge is 2.26. The molecule has 1 aromatic carbocycles. The van der Waals surface area contributed by atoms with E-state index in [0.29, 0.717) is 17.8 Å². The summed E-state index contributed by atoms with van der Waals surface area (Å²) in [7, 11) is -3.59. The molecule has 7 nitrogen and oxygen atoms in total. The molecule has 3 heterocycles. The number of hydrogen-bond donors (Lipinski definition) is 2. The van der Waals surface area contributed by atoms with Crippen LogP contribution < -0.4 is 4.72 Å². The molecule has 0 spiro atoms. The number of carbonyl (C=O) groups is 1. The molecule has 0 saturated carbocycles. The van der Waals surface area contributed by atoms with Crippen LogP contribution in [-0.2, 0) is 10.0 Å². The Balaban J connectivity index is 1.44. The summed E-state index contributed by atoms with van der Waals surface area (Å²) in [6, 6.07) is 11.8. The molecule has 1 aliphatic heterocycles. The Labute approximate surface area is 167 Å². The second kappa shape index (κ2) is 7.76. The Hall–Kier alpha value is -2.65. The van der Waals surface area contributed by atoms with E-state index in [4.69, 9.17) is 0 Å². The molecule has 2 aromatic heterocycles. The van der Waals surface area contributed by atoms with Crippen LogP contribution in [0.4, 0.5) is 5.69 Å². The highest BCUT2D eigenvalue weighted by atomic mass is 32.2. The highest BCUT2D eigenvalue weighted by Crippen LogP contribution is 2.27. The summed E-state index contributed by atoms with van der Waals surface area (Å²) in [5, 5.41) is 8.71. The number of thiophene rings is 1. The Bertz CT molecular complexity index is 1030. The number of benzene rings is 1. The van der Waals surface area contributed by atoms with Gasteiger partial charge in [-0.05, 0) is 54.6 Å². The van der Waals surface area contributed by atoms with Crippen molar-refractivity contribution in [1.82, 2.24) is 15.1 Å². The molecule has 1 amide bonds. The van der Waals surface area contributed by atoms with E-state index in [1.54, 1.807) is 48.0 Å². The predicted octanol–water partition coefficient (Wildman–Crippen LogP) is 3.29. The summed E-state index contributed by atoms with van der Waals surface area (Å²) >= 11 is 1.16. The number of H-pyrrole nitrogens is 1. The Morgan fingerprint density at radius 2 is 2.04 bits per heavy atom. The number of aromatic amines is 1. The molecule has 1 fully saturated rings. The van der Waals surface area contributed by atoms with Gasteiger partial charge in [0.25, 0.3) is 15.9 Å². The lowest BCUT2D eigenvalue weighted by molar-refractivity contribution is 0.0706. The van der Waals surface area contributed by atoms with Crippen molar-refractivity contribution in [1.29, 1.82) is 0 Å². The van der Waals surface area contributed by atoms with E-state index in [1.807, 2.05) is 11.0 Å². The summed E-state index contributed by atoms with van der Waals surface area (Å²) in [4.78, 5) is 14.7. The third-order valence-electron chi connectivity index (χ3n) is 4.81. The number of nitrogens with zero attached hydrogens (tertiary/aromatic N) is 2. The highest BCUT2D eigenvalue weighted by molar-refractivity contribution is 7.94. The quantitative estimate of drug-likeness (QED) is 0.667. The van der Waals surface area contributed by atoms with Gasteiger partial charge in [-0.15, -0.1) is 11.3 Å². The van der Waals surface area contributed by atoms with Gasteiger partial charge in [-0.25, -0.2) is 8.42 Å². The van der Waals surface area contributed by atoms with Crippen molar-refractivity contribution in [2.24, 2.45) is 0 Å². The number of hydrogen-bond acceptors (Lipinski definition) is 5. The van der Waals surface area contributed by atoms with Crippen molar-refractivity contribution < 1.29 is 13.2 Å². The SMILES string of the molecule is O=C(c1ccc(NS(=O)(=O)c2cccs2)cc1)N1CCCC(c2ccn[nH]2)C1. The molecule has 1 unspecified atom stereocenters. The zero-order valence-electron chi connectivity index (χ0n) is 15.0. The van der Waals surface area contributed by atoms with Crippen LogP contribution in [0.3, 0.4) is 0 Å². The first-order chi connectivity index (χ1) is 13.5. The summed E-state index contributed by atoms with van der Waals surface area (Å²) in [6.07, 6.45) is 3.69. The fraction of sp³-hybridized carbons (Fsp3) is 0.263. The van der Waals surface area contributed by atoms with Crippen LogP contribution in [-0.4, -0.2) is 42.5 Å². The van der Waals surface area contributed by atoms with Crippen LogP contribution >= 0.6 is 11.3 Å². The number of carbonyl (C=O) groups excluding carboxylic acids is 1. The van der Waals surface area contributed by atoms with Crippen molar-refractivity contribution in [3.8, 4) is 0 Å². The molecule has 0 radical (unpaired) electrons. The summed E-state index contributed by atoms with van der Waals surface area (Å²) in [5.41, 5.74) is 2.03. The maximum atomic E-state index is 12.9. The second-order valence-electron chi connectivity index (χ2n) is 6.72. The van der Waals surface area contributed by atoms with Gasteiger partial charge in [-0.3, -0.25) is 14.6 Å². The number of amides is 1. The molecule has 1 atom stereocenters. The average Bonchev–Trinajstić information content (AvgIpc) is 3.42. The smallest absolute Gasteiger partial charge is 0.271 e. The summed E-state index contributed by atoms with van der Waals surface area (Å²) < 4.78 is 27.4. The normalized spacial score (nSPS) is 17.4. The van der Waals surface area contributed by atoms with Crippen molar-refractivity contribution in [2.75, 3.05) is 17.8 Å². The molecule has 9 heteroatoms. The number of likely N-dealkylation sites (tertiary alicyclic amines) is 1. The van der Waals surface area contributed by atoms with E-state index >= 15 is 0 Å². The zero-order chi connectivity index (χ0) is 19.6. The topological polar surface area (TPSA) is 95.2 Å². The number of nitrogens with one attached hydrogen (secondary N) is 2. The number of piperidine rings is 1. The molecule has 4 rings (SSSR count). The average molecular weight is 417 g/mol. The molecule has 146 valence electrons. The molecule has 2 N–H and O–H groups in total. The standard InChI is InChI=1S/C19H20N4O3S2/c24-19(23-11-1-3-15(13-23)17-9-10-20-21-17)14-5-7-16(8-6-14)22-28(25,26)18-4-2-12-27-18/h2,4-10,12,15,22H,1,3,11,13H2,(H,20,21). The molecule has 0 aliphatic carbocycles. The van der Waals surface area contributed by atoms with Gasteiger partial charge in [0.1, 0.15) is 4.21 Å². The Morgan fingerprint density at radius 3 is 2.71 bits per heavy atom. The maximum absolute atomic E-state index is 12.9. The third kappa shape index (κ3) is 3.95. The minimum Gasteiger partial charge on any atom is -0.338 e. The van der Waals surface area contributed by atoms with Gasteiger partial charge in [0.2, 0.25) is 0 Å². The van der Waals surface area contributed by atoms with E-state index in [-0.39, 0.29) is 16.0 Å². The van der Waals surface area contributed by atoms with Crippen molar-refractivity contribution in [3.63, 3.8) is 0 Å². The number of anilines is 1. The third-order valence-corrected chi connectivity index (χ3v) is 7.59. The van der Waals surface area contributed by atoms with Gasteiger partial charge in [0, 0.05) is 42.1 Å². The zero-order valence-corrected chi connectivity index (χ0v) is 16.7. The van der Waals surface area contributed by atoms with Gasteiger partial charge in [0.05, 0.1) is 0 Å². The molecule has 3 aromatic rings. The Kier molecular flexibility index (Phi) is 5.19. The van der Waals surface area contributed by atoms with E-state index in [1.165, 1.54) is 0 Å². The maximum Gasteiger partial charge on any atom is 0.271 e. The van der Waals surface area contributed by atoms with E-state index < -0.39 is 10.0 Å². The molecule has 0 bridgehead atoms. The predicted molar refractivity (Wildman–Crippen MR) is 108 cm³/mol. The van der Waals surface area contributed by atoms with Crippen LogP contribution in [0, 0.1) is 0 Å². The number of aromatic nitrogens is 2. The molecule has 1 saturated heterocycles. The largest absolute Gasteiger partial charge is 0.338 e. The van der Waals surface area contributed by atoms with Crippen LogP contribution in [0.1, 0.15) is 34.8 Å². The fourth-order valence-electron chi connectivity index (χ4n) is 3.39. The number of sulfonamides is 1. The lowest BCUT2D eigenvalue weighted by atomic mass is 9.94. The van der Waals surface area contributed by atoms with Crippen LogP contribution in [0.25, 0.3) is 0 Å². The fourth-order valence-corrected chi connectivity index (χ4v) is 5.45. The van der Waals surface area contributed by atoms with Crippen molar-refractivity contribution in [3.05, 3.63) is 65.3 Å². The monoisotopic (exact) mass is 416 g/mol. The summed E-state index contributed by atoms with van der Waals surface area (Å²) in [6.45, 7) is 1.37. The first kappa shape index (κ1) is 18.7. The molecule has 28 heavy (non-hydrogen) atoms. The van der Waals surface area contributed by atoms with E-state index in [2.05, 4.69) is 14.9 Å². The van der Waals surface area contributed by atoms with Gasteiger partial charge >= 0.3 is 0 Å². The Morgan fingerprint density at radius 1 is 1.21 bits per heavy atom. The van der Waals surface area contributed by atoms with E-state index in [9.17, 15) is 13.2 Å². The van der Waals surface area contributed by atoms with Crippen molar-refractivity contribution >= 4 is 33.0 Å². The van der Waals surface area contributed by atoms with Crippen LogP contribution in [0.2, 0.25) is 0 Å². The van der Waals surface area contributed by atoms with E-state index in [0.717, 1.165) is 36.4 Å². The van der Waals surface area contributed by atoms with Gasteiger partial charge in [-0.1, -0.05) is 6.07 Å². The molecular weight excluding hydrogens is 396 g/mol. The number of rotatable bonds is 5. The minimum absolute atomic E-state index is 0.0446. The van der Waals surface area contributed by atoms with Crippen LogP contribution in [0.15, 0.2) is 58.3 Å². The van der Waals surface area contributed by atoms with Crippen molar-refractivity contribution in [2.45, 2.75) is 23.0 Å². The van der Waals surface area contributed by atoms with Gasteiger partial charge < -0.3 is 4.90 Å². The van der Waals surface area contributed by atoms with Gasteiger partial charge in [-0.2, -0.15) is 5.10 Å². The van der Waals surface area contributed by atoms with Gasteiger partial charge in [0.15, 0.2) is 0 Å².